The van der Waals surface area contributed by atoms with Crippen molar-refractivity contribution >= 4 is 17.7 Å². The van der Waals surface area contributed by atoms with E-state index in [-0.39, 0.29) is 18.8 Å². The second kappa shape index (κ2) is 17.3. The molecular weight excluding hydrogens is 650 g/mol. The summed E-state index contributed by atoms with van der Waals surface area (Å²) in [5.74, 6) is -2.57. The Kier molecular flexibility index (Phi) is 12.7. The van der Waals surface area contributed by atoms with Crippen LogP contribution in [0.5, 0.6) is 0 Å². The number of rotatable bonds is 13. The molecule has 2 aliphatic rings. The molecule has 3 aromatic rings. The summed E-state index contributed by atoms with van der Waals surface area (Å²) in [6.45, 7) is 2.64. The summed E-state index contributed by atoms with van der Waals surface area (Å²) in [5.41, 5.74) is 10.6. The number of hydrogen-bond acceptors (Lipinski definition) is 12. The second-order valence-corrected chi connectivity index (χ2v) is 11.9. The first-order valence-corrected chi connectivity index (χ1v) is 16.1. The SMILES string of the molecule is COC1OC(COC(=O)c2ccccc2)C(OC2OC(C(C)=O)C(O)C(OCc3ccccc3)C2OC(=O)c2ccccc2)C(C)C1N=[N+]=[N-]. The van der Waals surface area contributed by atoms with Crippen LogP contribution in [-0.2, 0) is 44.6 Å². The Morgan fingerprint density at radius 3 is 2.02 bits per heavy atom. The van der Waals surface area contributed by atoms with Crippen LogP contribution in [0.15, 0.2) is 96.1 Å². The molecule has 2 aliphatic heterocycles. The minimum Gasteiger partial charge on any atom is -0.459 e. The number of esters is 2. The summed E-state index contributed by atoms with van der Waals surface area (Å²) in [4.78, 5) is 42.1. The van der Waals surface area contributed by atoms with Gasteiger partial charge in [0.25, 0.3) is 0 Å². The predicted octanol–water partition coefficient (Wildman–Crippen LogP) is 4.40. The topological polar surface area (TPSA) is 185 Å². The minimum atomic E-state index is -1.55. The van der Waals surface area contributed by atoms with E-state index in [1.165, 1.54) is 14.0 Å². The van der Waals surface area contributed by atoms with Gasteiger partial charge in [0.1, 0.15) is 31.0 Å². The summed E-state index contributed by atoms with van der Waals surface area (Å²) < 4.78 is 41.9. The lowest BCUT2D eigenvalue weighted by Gasteiger charge is -2.48. The number of methoxy groups -OCH3 is 1. The maximum Gasteiger partial charge on any atom is 0.338 e. The van der Waals surface area contributed by atoms with E-state index in [9.17, 15) is 25.0 Å². The zero-order valence-electron chi connectivity index (χ0n) is 27.7. The molecule has 0 bridgehead atoms. The van der Waals surface area contributed by atoms with E-state index < -0.39 is 78.9 Å². The van der Waals surface area contributed by atoms with Crippen LogP contribution < -0.4 is 0 Å². The third-order valence-electron chi connectivity index (χ3n) is 8.57. The largest absolute Gasteiger partial charge is 0.459 e. The highest BCUT2D eigenvalue weighted by molar-refractivity contribution is 5.90. The standard InChI is InChI=1S/C36H39N3O11/c1-21-27(38-39-37)35(44-3)47-26(20-46-33(42)24-15-9-5-10-16-24)29(21)49-36-32(48-34(43)25-17-11-6-12-18-25)31(28(41)30(50-36)22(2)40)45-19-23-13-7-4-8-14-23/h4-18,21,26-32,35-36,41H,19-20H2,1-3H3. The Hall–Kier alpha value is -4.66. The molecule has 0 saturated carbocycles. The summed E-state index contributed by atoms with van der Waals surface area (Å²) in [7, 11) is 1.38. The van der Waals surface area contributed by atoms with Crippen molar-refractivity contribution in [1.29, 1.82) is 0 Å². The molecule has 0 radical (unpaired) electrons. The molecule has 0 aliphatic carbocycles. The van der Waals surface area contributed by atoms with Crippen molar-refractivity contribution in [3.05, 3.63) is 118 Å². The molecule has 1 N–H and O–H groups in total. The Labute approximate surface area is 288 Å². The van der Waals surface area contributed by atoms with Crippen molar-refractivity contribution in [2.75, 3.05) is 13.7 Å². The number of aliphatic hydroxyl groups is 1. The highest BCUT2D eigenvalue weighted by Gasteiger charge is 2.54. The van der Waals surface area contributed by atoms with E-state index in [4.69, 9.17) is 33.2 Å². The Balaban J connectivity index is 1.49. The van der Waals surface area contributed by atoms with E-state index in [2.05, 4.69) is 10.0 Å². The van der Waals surface area contributed by atoms with E-state index >= 15 is 0 Å². The van der Waals surface area contributed by atoms with Gasteiger partial charge < -0.3 is 38.3 Å². The zero-order valence-corrected chi connectivity index (χ0v) is 27.7. The average Bonchev–Trinajstić information content (AvgIpc) is 3.14. The monoisotopic (exact) mass is 689 g/mol. The van der Waals surface area contributed by atoms with Gasteiger partial charge in [-0.25, -0.2) is 9.59 Å². The second-order valence-electron chi connectivity index (χ2n) is 11.9. The van der Waals surface area contributed by atoms with Gasteiger partial charge in [-0.3, -0.25) is 4.79 Å². The molecule has 14 heteroatoms. The lowest BCUT2D eigenvalue weighted by atomic mass is 9.88. The van der Waals surface area contributed by atoms with Gasteiger partial charge in [0, 0.05) is 12.0 Å². The van der Waals surface area contributed by atoms with Gasteiger partial charge in [-0.2, -0.15) is 0 Å². The number of nitrogens with zero attached hydrogens (tertiary/aromatic N) is 3. The molecule has 50 heavy (non-hydrogen) atoms. The maximum atomic E-state index is 13.5. The molecule has 10 atom stereocenters. The number of Topliss-reactive ketones (excluding diaryl/α,β-unsaturated/α-hetero) is 1. The lowest BCUT2D eigenvalue weighted by molar-refractivity contribution is -0.336. The third-order valence-corrected chi connectivity index (χ3v) is 8.57. The van der Waals surface area contributed by atoms with Crippen LogP contribution in [0, 0.1) is 5.92 Å². The average molecular weight is 690 g/mol. The van der Waals surface area contributed by atoms with Crippen molar-refractivity contribution in [2.24, 2.45) is 11.0 Å². The summed E-state index contributed by atoms with van der Waals surface area (Å²) >= 11 is 0. The Bertz CT molecular complexity index is 1620. The van der Waals surface area contributed by atoms with Crippen LogP contribution in [0.4, 0.5) is 0 Å². The van der Waals surface area contributed by atoms with Crippen LogP contribution >= 0.6 is 0 Å². The van der Waals surface area contributed by atoms with Crippen LogP contribution in [-0.4, -0.2) is 91.8 Å². The highest BCUT2D eigenvalue weighted by Crippen LogP contribution is 2.36. The normalized spacial score (nSPS) is 29.3. The number of benzene rings is 3. The first-order valence-electron chi connectivity index (χ1n) is 16.1. The van der Waals surface area contributed by atoms with Crippen LogP contribution in [0.2, 0.25) is 0 Å². The molecule has 2 fully saturated rings. The van der Waals surface area contributed by atoms with Gasteiger partial charge in [-0.15, -0.1) is 0 Å². The molecule has 3 aromatic carbocycles. The van der Waals surface area contributed by atoms with Crippen molar-refractivity contribution in [3.63, 3.8) is 0 Å². The molecule has 14 nitrogen and oxygen atoms in total. The summed E-state index contributed by atoms with van der Waals surface area (Å²) in [6.07, 6.45) is -10.3. The molecule has 2 saturated heterocycles. The fourth-order valence-electron chi connectivity index (χ4n) is 5.96. The van der Waals surface area contributed by atoms with E-state index in [1.54, 1.807) is 67.6 Å². The highest BCUT2D eigenvalue weighted by atomic mass is 16.7. The molecule has 5 rings (SSSR count). The van der Waals surface area contributed by atoms with Crippen LogP contribution in [0.3, 0.4) is 0 Å². The fourth-order valence-corrected chi connectivity index (χ4v) is 5.96. The van der Waals surface area contributed by atoms with Gasteiger partial charge in [0.2, 0.25) is 0 Å². The Morgan fingerprint density at radius 1 is 0.840 bits per heavy atom. The molecular formula is C36H39N3O11. The van der Waals surface area contributed by atoms with Crippen molar-refractivity contribution in [2.45, 2.75) is 75.7 Å². The number of carbonyl (C=O) groups excluding carboxylic acids is 3. The van der Waals surface area contributed by atoms with Gasteiger partial charge in [0.05, 0.1) is 29.9 Å². The van der Waals surface area contributed by atoms with E-state index in [0.717, 1.165) is 5.56 Å². The third kappa shape index (κ3) is 8.73. The first kappa shape index (κ1) is 36.6. The molecule has 264 valence electrons. The quantitative estimate of drug-likeness (QED) is 0.116. The lowest BCUT2D eigenvalue weighted by Crippen LogP contribution is -2.64. The summed E-state index contributed by atoms with van der Waals surface area (Å²) in [5, 5.41) is 15.3. The van der Waals surface area contributed by atoms with Gasteiger partial charge in [0.15, 0.2) is 24.5 Å². The molecule has 0 spiro atoms. The minimum absolute atomic E-state index is 0.00518. The number of ether oxygens (including phenoxy) is 7. The Morgan fingerprint density at radius 2 is 1.44 bits per heavy atom. The molecule has 0 aromatic heterocycles. The summed E-state index contributed by atoms with van der Waals surface area (Å²) in [6, 6.07) is 24.7. The van der Waals surface area contributed by atoms with Gasteiger partial charge in [-0.05, 0) is 48.2 Å². The molecule has 2 heterocycles. The van der Waals surface area contributed by atoms with Crippen LogP contribution in [0.1, 0.15) is 40.1 Å². The first-order chi connectivity index (χ1) is 24.2. The number of azide groups is 1. The van der Waals surface area contributed by atoms with Crippen molar-refractivity contribution in [3.8, 4) is 0 Å². The zero-order chi connectivity index (χ0) is 35.6. The van der Waals surface area contributed by atoms with Crippen molar-refractivity contribution in [1.82, 2.24) is 0 Å². The smallest absolute Gasteiger partial charge is 0.338 e. The van der Waals surface area contributed by atoms with E-state index in [0.29, 0.717) is 5.56 Å². The number of hydrogen-bond donors (Lipinski definition) is 1. The van der Waals surface area contributed by atoms with Crippen molar-refractivity contribution < 1.29 is 52.6 Å². The van der Waals surface area contributed by atoms with Gasteiger partial charge >= 0.3 is 11.9 Å². The van der Waals surface area contributed by atoms with E-state index in [1.807, 2.05) is 30.3 Å². The number of aliphatic hydroxyl groups excluding tert-OH is 1. The van der Waals surface area contributed by atoms with Crippen LogP contribution in [0.25, 0.3) is 10.4 Å². The van der Waals surface area contributed by atoms with Gasteiger partial charge in [-0.1, -0.05) is 78.8 Å². The predicted molar refractivity (Wildman–Crippen MR) is 175 cm³/mol. The number of carbonyl (C=O) groups is 3. The molecule has 10 unspecified atom stereocenters. The number of ketones is 1. The molecule has 0 amide bonds. The fraction of sp³-hybridized carbons (Fsp3) is 0.417. The maximum absolute atomic E-state index is 13.5.